The lowest BCUT2D eigenvalue weighted by Gasteiger charge is -2.58. The summed E-state index contributed by atoms with van der Waals surface area (Å²) >= 11 is 0. The summed E-state index contributed by atoms with van der Waals surface area (Å²) < 4.78 is 15.7. The minimum absolute atomic E-state index is 0.106. The maximum atomic E-state index is 14.6. The predicted octanol–water partition coefficient (Wildman–Crippen LogP) is 13.4. The van der Waals surface area contributed by atoms with Gasteiger partial charge >= 0.3 is 5.97 Å². The third-order valence-electron chi connectivity index (χ3n) is 16.9. The predicted molar refractivity (Wildman–Crippen MR) is 250 cm³/mol. The fourth-order valence-corrected chi connectivity index (χ4v) is 13.6. The van der Waals surface area contributed by atoms with Crippen LogP contribution < -0.4 is 14.8 Å². The van der Waals surface area contributed by atoms with E-state index in [0.29, 0.717) is 11.0 Å². The number of nitrogens with zero attached hydrogens (tertiary/aromatic N) is 2. The highest BCUT2D eigenvalue weighted by molar-refractivity contribution is 6.08. The number of hydrogen-bond donors (Lipinski definition) is 0. The molecule has 0 saturated heterocycles. The van der Waals surface area contributed by atoms with Gasteiger partial charge in [-0.1, -0.05) is 83.7 Å². The molecule has 5 nitrogen and oxygen atoms in total. The molecule has 0 aromatic heterocycles. The highest BCUT2D eigenvalue weighted by Gasteiger charge is 2.59. The van der Waals surface area contributed by atoms with Gasteiger partial charge in [0.05, 0.1) is 11.6 Å². The van der Waals surface area contributed by atoms with Gasteiger partial charge in [-0.15, -0.1) is 0 Å². The van der Waals surface area contributed by atoms with Crippen LogP contribution in [0.1, 0.15) is 143 Å². The smallest absolute Gasteiger partial charge is 0.339 e. The quantitative estimate of drug-likeness (QED) is 0.0584. The zero-order valence-electron chi connectivity index (χ0n) is 38.6. The van der Waals surface area contributed by atoms with E-state index in [9.17, 15) is 4.79 Å². The second-order valence-corrected chi connectivity index (χ2v) is 20.3. The lowest BCUT2D eigenvalue weighted by molar-refractivity contribution is -0.0594. The normalized spacial score (nSPS) is 27.9. The molecule has 0 spiro atoms. The Kier molecular flexibility index (Phi) is 12.5. The summed E-state index contributed by atoms with van der Waals surface area (Å²) in [6.07, 6.45) is 16.4. The SMILES string of the molecule is CCN(CC)c1ccc2c(-c3ccccc3C(=O)O[C@H]3CC[C@@]4(C)C(=CC[C@H]5[C@@H]6CC[C@H]([C@H](C)CCCC(C)C)[C@@]6(C)CC[C@@H]54)C3)c3ccc(=[N+](CC)CC)cc-3oc2c1. The molecule has 1 heterocycles. The van der Waals surface area contributed by atoms with Gasteiger partial charge in [-0.05, 0) is 149 Å². The van der Waals surface area contributed by atoms with Crippen molar-refractivity contribution in [3.8, 4) is 22.5 Å². The van der Waals surface area contributed by atoms with E-state index in [1.54, 1.807) is 5.57 Å². The number of anilines is 1. The Morgan fingerprint density at radius 1 is 0.867 bits per heavy atom. The molecule has 1 aliphatic heterocycles. The maximum absolute atomic E-state index is 14.6. The van der Waals surface area contributed by atoms with E-state index in [4.69, 9.17) is 9.15 Å². The van der Waals surface area contributed by atoms with Gasteiger partial charge in [-0.25, -0.2) is 9.37 Å². The van der Waals surface area contributed by atoms with Crippen molar-refractivity contribution in [2.24, 2.45) is 46.3 Å². The van der Waals surface area contributed by atoms with Crippen LogP contribution in [-0.4, -0.2) is 38.3 Å². The summed E-state index contributed by atoms with van der Waals surface area (Å²) in [7, 11) is 0. The van der Waals surface area contributed by atoms with E-state index in [2.05, 4.69) is 120 Å². The molecule has 0 unspecified atom stereocenters. The van der Waals surface area contributed by atoms with Crippen LogP contribution in [0.4, 0.5) is 5.69 Å². The fraction of sp³-hybridized carbons (Fsp3) is 0.600. The van der Waals surface area contributed by atoms with Crippen molar-refractivity contribution >= 4 is 22.6 Å². The summed E-state index contributed by atoms with van der Waals surface area (Å²) in [5.74, 6) is 5.52. The largest absolute Gasteiger partial charge is 0.458 e. The molecule has 6 aliphatic rings. The van der Waals surface area contributed by atoms with Crippen LogP contribution in [0.5, 0.6) is 0 Å². The van der Waals surface area contributed by atoms with Gasteiger partial charge in [-0.2, -0.15) is 0 Å². The number of hydrogen-bond acceptors (Lipinski definition) is 4. The topological polar surface area (TPSA) is 45.7 Å². The molecule has 0 bridgehead atoms. The number of carbonyl (C=O) groups excluding carboxylic acids is 1. The van der Waals surface area contributed by atoms with Crippen LogP contribution in [0.3, 0.4) is 0 Å². The standard InChI is InChI=1S/C55H75N2O3/c1-10-56(11-2)39-22-25-45-50(34-39)60-51-35-40(57(12-3)13-4)23-26-46(51)52(45)42-19-14-15-20-43(42)53(58)59-41-29-31-54(8)38(33-41)21-24-44-48-28-27-47(37(7)18-16-17-36(5)6)55(48,9)32-30-49(44)54/h14-15,19-23,25-26,34-37,41,44,47-49H,10-13,16-18,24,27-33H2,1-9H3/q+1/t37-,41+,44+,47-,48+,49+,54+,55-/m1/s1. The monoisotopic (exact) mass is 812 g/mol. The van der Waals surface area contributed by atoms with Crippen molar-refractivity contribution < 1.29 is 13.9 Å². The molecule has 2 aromatic rings. The van der Waals surface area contributed by atoms with E-state index in [1.165, 1.54) is 51.4 Å². The first-order valence-electron chi connectivity index (χ1n) is 24.3. The first-order chi connectivity index (χ1) is 28.9. The number of ether oxygens (including phenoxy) is 1. The molecule has 3 saturated carbocycles. The minimum atomic E-state index is -0.219. The van der Waals surface area contributed by atoms with Crippen LogP contribution in [0.2, 0.25) is 0 Å². The molecule has 0 radical (unpaired) electrons. The van der Waals surface area contributed by atoms with Crippen LogP contribution in [0, 0.1) is 46.3 Å². The van der Waals surface area contributed by atoms with E-state index < -0.39 is 0 Å². The number of esters is 1. The van der Waals surface area contributed by atoms with Gasteiger partial charge in [0.15, 0.2) is 0 Å². The molecule has 3 fully saturated rings. The second kappa shape index (κ2) is 17.5. The molecule has 5 heteroatoms. The third kappa shape index (κ3) is 7.67. The first-order valence-corrected chi connectivity index (χ1v) is 24.3. The molecular formula is C55H75N2O3+. The number of allylic oxidation sites excluding steroid dienone is 1. The van der Waals surface area contributed by atoms with E-state index >= 15 is 0 Å². The molecular weight excluding hydrogens is 737 g/mol. The zero-order chi connectivity index (χ0) is 42.3. The van der Waals surface area contributed by atoms with Crippen molar-refractivity contribution in [1.29, 1.82) is 0 Å². The van der Waals surface area contributed by atoms with Gasteiger partial charge < -0.3 is 14.1 Å². The van der Waals surface area contributed by atoms with Crippen molar-refractivity contribution in [2.45, 2.75) is 139 Å². The molecule has 60 heavy (non-hydrogen) atoms. The third-order valence-corrected chi connectivity index (χ3v) is 16.9. The summed E-state index contributed by atoms with van der Waals surface area (Å²) in [4.78, 5) is 16.9. The lowest BCUT2D eigenvalue weighted by Crippen LogP contribution is -2.51. The van der Waals surface area contributed by atoms with Crippen molar-refractivity contribution in [3.63, 3.8) is 0 Å². The average molecular weight is 812 g/mol. The molecule has 322 valence electrons. The number of rotatable bonds is 13. The van der Waals surface area contributed by atoms with E-state index in [1.807, 2.05) is 18.2 Å². The van der Waals surface area contributed by atoms with Gasteiger partial charge in [0.25, 0.3) is 0 Å². The van der Waals surface area contributed by atoms with Crippen molar-refractivity contribution in [1.82, 2.24) is 4.58 Å². The number of carbonyl (C=O) groups is 1. The molecule has 8 rings (SSSR count). The number of fused-ring (bicyclic) bond motifs is 7. The fourth-order valence-electron chi connectivity index (χ4n) is 13.6. The summed E-state index contributed by atoms with van der Waals surface area (Å²) in [6, 6.07) is 21.2. The highest BCUT2D eigenvalue weighted by Crippen LogP contribution is 2.67. The van der Waals surface area contributed by atoms with Gasteiger partial charge in [-0.3, -0.25) is 0 Å². The summed E-state index contributed by atoms with van der Waals surface area (Å²) in [5.41, 5.74) is 7.78. The number of benzene rings is 3. The van der Waals surface area contributed by atoms with E-state index in [-0.39, 0.29) is 17.5 Å². The van der Waals surface area contributed by atoms with Crippen LogP contribution in [0.25, 0.3) is 33.4 Å². The summed E-state index contributed by atoms with van der Waals surface area (Å²) in [6.45, 7) is 25.0. The minimum Gasteiger partial charge on any atom is -0.458 e. The first kappa shape index (κ1) is 42.8. The second-order valence-electron chi connectivity index (χ2n) is 20.3. The van der Waals surface area contributed by atoms with Crippen molar-refractivity contribution in [2.75, 3.05) is 31.1 Å². The van der Waals surface area contributed by atoms with Gasteiger partial charge in [0, 0.05) is 53.8 Å². The van der Waals surface area contributed by atoms with Crippen LogP contribution in [-0.2, 0) is 4.74 Å². The Bertz CT molecular complexity index is 2240. The Morgan fingerprint density at radius 3 is 2.40 bits per heavy atom. The molecule has 5 aliphatic carbocycles. The van der Waals surface area contributed by atoms with Gasteiger partial charge in [0.2, 0.25) is 5.36 Å². The molecule has 0 N–H and O–H groups in total. The molecule has 0 amide bonds. The Morgan fingerprint density at radius 2 is 1.65 bits per heavy atom. The molecule has 2 aromatic carbocycles. The highest BCUT2D eigenvalue weighted by atomic mass is 16.5. The Labute approximate surface area is 362 Å². The Hall–Kier alpha value is -3.86. The Balaban J connectivity index is 1.06. The lowest BCUT2D eigenvalue weighted by atomic mass is 9.47. The van der Waals surface area contributed by atoms with E-state index in [0.717, 1.165) is 125 Å². The van der Waals surface area contributed by atoms with Crippen molar-refractivity contribution in [3.05, 3.63) is 83.2 Å². The van der Waals surface area contributed by atoms with Gasteiger partial charge in [0.1, 0.15) is 30.5 Å². The zero-order valence-corrected chi connectivity index (χ0v) is 38.6. The average Bonchev–Trinajstić information content (AvgIpc) is 3.61. The van der Waals surface area contributed by atoms with Crippen LogP contribution >= 0.6 is 0 Å². The maximum Gasteiger partial charge on any atom is 0.339 e. The van der Waals surface area contributed by atoms with Crippen LogP contribution in [0.15, 0.2) is 76.7 Å². The molecule has 8 atom stereocenters. The summed E-state index contributed by atoms with van der Waals surface area (Å²) in [5, 5.41) is 2.14.